The molecule has 0 aromatic carbocycles. The van der Waals surface area contributed by atoms with Crippen LogP contribution in [0.3, 0.4) is 0 Å². The lowest BCUT2D eigenvalue weighted by Crippen LogP contribution is -2.51. The normalized spacial score (nSPS) is 46.9. The maximum atomic E-state index is 10.1. The average Bonchev–Trinajstić information content (AvgIpc) is 2.26. The van der Waals surface area contributed by atoms with E-state index in [-0.39, 0.29) is 6.10 Å². The van der Waals surface area contributed by atoms with Crippen molar-refractivity contribution in [1.29, 1.82) is 0 Å². The minimum absolute atomic E-state index is 0.0724. The van der Waals surface area contributed by atoms with Crippen LogP contribution in [-0.4, -0.2) is 35.2 Å². The Balaban J connectivity index is 1.95. The number of aliphatic hydroxyl groups is 1. The van der Waals surface area contributed by atoms with Gasteiger partial charge in [-0.1, -0.05) is 20.8 Å². The van der Waals surface area contributed by atoms with Gasteiger partial charge in [0.05, 0.1) is 6.10 Å². The van der Waals surface area contributed by atoms with Gasteiger partial charge in [0.2, 0.25) is 0 Å². The molecule has 2 aliphatic rings. The second kappa shape index (κ2) is 5.05. The zero-order chi connectivity index (χ0) is 11.7. The summed E-state index contributed by atoms with van der Waals surface area (Å²) >= 11 is 0. The van der Waals surface area contributed by atoms with Crippen molar-refractivity contribution in [1.82, 2.24) is 4.90 Å². The maximum absolute atomic E-state index is 10.1. The lowest BCUT2D eigenvalue weighted by molar-refractivity contribution is -0.0189. The monoisotopic (exact) mass is 225 g/mol. The fourth-order valence-electron chi connectivity index (χ4n) is 3.32. The topological polar surface area (TPSA) is 23.5 Å². The molecule has 0 radical (unpaired) electrons. The SMILES string of the molecule is CC1CCC(O)C(N2CCC(C)C(C)C2)C1. The van der Waals surface area contributed by atoms with Crippen LogP contribution in [0.4, 0.5) is 0 Å². The lowest BCUT2D eigenvalue weighted by atomic mass is 9.81. The predicted molar refractivity (Wildman–Crippen MR) is 67.3 cm³/mol. The summed E-state index contributed by atoms with van der Waals surface area (Å²) in [6, 6.07) is 0.443. The first-order chi connectivity index (χ1) is 7.58. The number of nitrogens with zero attached hydrogens (tertiary/aromatic N) is 1. The Hall–Kier alpha value is -0.0800. The quantitative estimate of drug-likeness (QED) is 0.741. The van der Waals surface area contributed by atoms with E-state index < -0.39 is 0 Å². The Morgan fingerprint density at radius 3 is 2.44 bits per heavy atom. The van der Waals surface area contributed by atoms with E-state index in [1.807, 2.05) is 0 Å². The molecule has 1 N–H and O–H groups in total. The second-order valence-electron chi connectivity index (χ2n) is 6.29. The molecule has 1 aliphatic carbocycles. The maximum Gasteiger partial charge on any atom is 0.0695 e. The summed E-state index contributed by atoms with van der Waals surface area (Å²) in [5.41, 5.74) is 0. The first-order valence-corrected chi connectivity index (χ1v) is 7.00. The van der Waals surface area contributed by atoms with Gasteiger partial charge in [0.1, 0.15) is 0 Å². The fourth-order valence-corrected chi connectivity index (χ4v) is 3.32. The summed E-state index contributed by atoms with van der Waals surface area (Å²) in [5.74, 6) is 2.44. The van der Waals surface area contributed by atoms with E-state index in [2.05, 4.69) is 25.7 Å². The van der Waals surface area contributed by atoms with Gasteiger partial charge in [-0.25, -0.2) is 0 Å². The molecule has 0 bridgehead atoms. The van der Waals surface area contributed by atoms with Crippen molar-refractivity contribution < 1.29 is 5.11 Å². The predicted octanol–water partition coefficient (Wildman–Crippen LogP) is 2.51. The molecule has 0 aromatic rings. The summed E-state index contributed by atoms with van der Waals surface area (Å²) < 4.78 is 0. The third-order valence-corrected chi connectivity index (χ3v) is 4.88. The Kier molecular flexibility index (Phi) is 3.91. The Bertz CT molecular complexity index is 231. The van der Waals surface area contributed by atoms with Gasteiger partial charge in [-0.3, -0.25) is 4.90 Å². The number of aliphatic hydroxyl groups excluding tert-OH is 1. The third-order valence-electron chi connectivity index (χ3n) is 4.88. The van der Waals surface area contributed by atoms with Gasteiger partial charge < -0.3 is 5.11 Å². The lowest BCUT2D eigenvalue weighted by Gasteiger charge is -2.44. The molecule has 2 heteroatoms. The summed E-state index contributed by atoms with van der Waals surface area (Å²) in [4.78, 5) is 2.56. The van der Waals surface area contributed by atoms with Crippen LogP contribution in [0.1, 0.15) is 46.5 Å². The molecule has 1 saturated carbocycles. The van der Waals surface area contributed by atoms with Crippen molar-refractivity contribution in [2.45, 2.75) is 58.6 Å². The van der Waals surface area contributed by atoms with Gasteiger partial charge in [0, 0.05) is 12.6 Å². The van der Waals surface area contributed by atoms with E-state index in [1.54, 1.807) is 0 Å². The first-order valence-electron chi connectivity index (χ1n) is 7.00. The van der Waals surface area contributed by atoms with Gasteiger partial charge >= 0.3 is 0 Å². The number of hydrogen-bond acceptors (Lipinski definition) is 2. The third kappa shape index (κ3) is 2.60. The first kappa shape index (κ1) is 12.4. The summed E-state index contributed by atoms with van der Waals surface area (Å²) in [6.45, 7) is 9.43. The highest BCUT2D eigenvalue weighted by molar-refractivity contribution is 4.88. The van der Waals surface area contributed by atoms with Crippen LogP contribution in [0.15, 0.2) is 0 Å². The van der Waals surface area contributed by atoms with Crippen LogP contribution < -0.4 is 0 Å². The highest BCUT2D eigenvalue weighted by Crippen LogP contribution is 2.32. The van der Waals surface area contributed by atoms with Gasteiger partial charge in [0.25, 0.3) is 0 Å². The summed E-state index contributed by atoms with van der Waals surface area (Å²) in [6.07, 6.45) is 4.64. The molecule has 94 valence electrons. The van der Waals surface area contributed by atoms with E-state index >= 15 is 0 Å². The van der Waals surface area contributed by atoms with Crippen LogP contribution in [0.5, 0.6) is 0 Å². The molecule has 0 amide bonds. The summed E-state index contributed by atoms with van der Waals surface area (Å²) in [5, 5.41) is 10.1. The molecule has 1 saturated heterocycles. The largest absolute Gasteiger partial charge is 0.391 e. The van der Waals surface area contributed by atoms with Crippen molar-refractivity contribution in [3.05, 3.63) is 0 Å². The Labute approximate surface area is 100 Å². The Morgan fingerprint density at radius 1 is 1.00 bits per heavy atom. The number of rotatable bonds is 1. The minimum atomic E-state index is -0.0724. The molecule has 5 atom stereocenters. The van der Waals surface area contributed by atoms with E-state index in [9.17, 15) is 5.11 Å². The summed E-state index contributed by atoms with van der Waals surface area (Å²) in [7, 11) is 0. The van der Waals surface area contributed by atoms with E-state index in [1.165, 1.54) is 32.4 Å². The molecule has 1 aliphatic heterocycles. The second-order valence-corrected chi connectivity index (χ2v) is 6.29. The number of hydrogen-bond donors (Lipinski definition) is 1. The van der Waals surface area contributed by atoms with Crippen LogP contribution in [0.2, 0.25) is 0 Å². The number of piperidine rings is 1. The number of likely N-dealkylation sites (tertiary alicyclic amines) is 1. The van der Waals surface area contributed by atoms with Crippen LogP contribution in [0, 0.1) is 17.8 Å². The smallest absolute Gasteiger partial charge is 0.0695 e. The average molecular weight is 225 g/mol. The van der Waals surface area contributed by atoms with Gasteiger partial charge in [-0.2, -0.15) is 0 Å². The van der Waals surface area contributed by atoms with E-state index in [0.29, 0.717) is 6.04 Å². The van der Waals surface area contributed by atoms with Crippen molar-refractivity contribution in [2.75, 3.05) is 13.1 Å². The van der Waals surface area contributed by atoms with Gasteiger partial charge in [-0.05, 0) is 50.0 Å². The van der Waals surface area contributed by atoms with Gasteiger partial charge in [-0.15, -0.1) is 0 Å². The molecule has 5 unspecified atom stereocenters. The van der Waals surface area contributed by atoms with Crippen LogP contribution in [0.25, 0.3) is 0 Å². The van der Waals surface area contributed by atoms with Gasteiger partial charge in [0.15, 0.2) is 0 Å². The molecule has 1 heterocycles. The van der Waals surface area contributed by atoms with Crippen LogP contribution >= 0.6 is 0 Å². The molecule has 2 fully saturated rings. The van der Waals surface area contributed by atoms with Crippen LogP contribution in [-0.2, 0) is 0 Å². The van der Waals surface area contributed by atoms with Crippen molar-refractivity contribution >= 4 is 0 Å². The van der Waals surface area contributed by atoms with E-state index in [0.717, 1.165) is 24.2 Å². The minimum Gasteiger partial charge on any atom is -0.391 e. The standard InChI is InChI=1S/C14H27NO/c1-10-4-5-14(16)13(8-10)15-7-6-11(2)12(3)9-15/h10-14,16H,4-9H2,1-3H3. The fraction of sp³-hybridized carbons (Fsp3) is 1.00. The van der Waals surface area contributed by atoms with Crippen molar-refractivity contribution in [2.24, 2.45) is 17.8 Å². The molecule has 0 spiro atoms. The highest BCUT2D eigenvalue weighted by Gasteiger charge is 2.34. The molecular formula is C14H27NO. The zero-order valence-corrected chi connectivity index (χ0v) is 11.0. The van der Waals surface area contributed by atoms with Crippen molar-refractivity contribution in [3.63, 3.8) is 0 Å². The van der Waals surface area contributed by atoms with Crippen molar-refractivity contribution in [3.8, 4) is 0 Å². The zero-order valence-electron chi connectivity index (χ0n) is 11.0. The molecule has 0 aromatic heterocycles. The molecule has 16 heavy (non-hydrogen) atoms. The molecular weight excluding hydrogens is 198 g/mol. The highest BCUT2D eigenvalue weighted by atomic mass is 16.3. The Morgan fingerprint density at radius 2 is 1.75 bits per heavy atom. The molecule has 2 rings (SSSR count). The van der Waals surface area contributed by atoms with E-state index in [4.69, 9.17) is 0 Å². The molecule has 2 nitrogen and oxygen atoms in total.